The second-order valence-corrected chi connectivity index (χ2v) is 4.75. The Labute approximate surface area is 123 Å². The largest absolute Gasteiger partial charge is 0.416 e. The minimum Gasteiger partial charge on any atom is -0.298 e. The van der Waals surface area contributed by atoms with E-state index in [1.165, 1.54) is 10.6 Å². The molecule has 0 N–H and O–H groups in total. The Morgan fingerprint density at radius 1 is 1.18 bits per heavy atom. The molecule has 0 saturated carbocycles. The number of aromatic nitrogens is 3. The minimum absolute atomic E-state index is 0.157. The first kappa shape index (κ1) is 14.2. The predicted molar refractivity (Wildman–Crippen MR) is 72.6 cm³/mol. The van der Waals surface area contributed by atoms with Gasteiger partial charge < -0.3 is 0 Å². The van der Waals surface area contributed by atoms with Crippen LogP contribution in [0, 0.1) is 0 Å². The summed E-state index contributed by atoms with van der Waals surface area (Å²) in [5.74, 6) is 0.355. The van der Waals surface area contributed by atoms with E-state index in [0.29, 0.717) is 28.9 Å². The van der Waals surface area contributed by atoms with E-state index in [9.17, 15) is 18.0 Å². The van der Waals surface area contributed by atoms with Gasteiger partial charge >= 0.3 is 6.18 Å². The van der Waals surface area contributed by atoms with Crippen LogP contribution >= 0.6 is 0 Å². The van der Waals surface area contributed by atoms with Crippen molar-refractivity contribution in [2.75, 3.05) is 0 Å². The van der Waals surface area contributed by atoms with Gasteiger partial charge in [-0.2, -0.15) is 18.3 Å². The summed E-state index contributed by atoms with van der Waals surface area (Å²) in [5, 5.41) is 4.17. The third-order valence-electron chi connectivity index (χ3n) is 3.18. The van der Waals surface area contributed by atoms with Crippen molar-refractivity contribution in [3.8, 4) is 0 Å². The molecule has 2 heterocycles. The van der Waals surface area contributed by atoms with E-state index in [1.807, 2.05) is 0 Å². The predicted octanol–water partition coefficient (Wildman–Crippen LogP) is 3.15. The van der Waals surface area contributed by atoms with Crippen molar-refractivity contribution >= 4 is 11.9 Å². The van der Waals surface area contributed by atoms with Gasteiger partial charge in [-0.1, -0.05) is 18.2 Å². The molecule has 2 aromatic heterocycles. The summed E-state index contributed by atoms with van der Waals surface area (Å²) < 4.78 is 39.5. The van der Waals surface area contributed by atoms with Crippen LogP contribution in [0.1, 0.15) is 27.3 Å². The van der Waals surface area contributed by atoms with E-state index in [4.69, 9.17) is 0 Å². The van der Waals surface area contributed by atoms with Crippen LogP contribution in [0.2, 0.25) is 0 Å². The number of benzene rings is 1. The van der Waals surface area contributed by atoms with Gasteiger partial charge in [-0.15, -0.1) is 0 Å². The van der Waals surface area contributed by atoms with E-state index in [1.54, 1.807) is 24.4 Å². The van der Waals surface area contributed by atoms with Crippen molar-refractivity contribution in [3.05, 3.63) is 65.1 Å². The summed E-state index contributed by atoms with van der Waals surface area (Å²) >= 11 is 0. The highest BCUT2D eigenvalue weighted by atomic mass is 19.4. The van der Waals surface area contributed by atoms with E-state index in [0.717, 1.165) is 12.1 Å². The van der Waals surface area contributed by atoms with Crippen molar-refractivity contribution < 1.29 is 18.0 Å². The van der Waals surface area contributed by atoms with E-state index in [-0.39, 0.29) is 6.42 Å². The van der Waals surface area contributed by atoms with Crippen LogP contribution in [0.25, 0.3) is 5.65 Å². The number of alkyl halides is 3. The standard InChI is InChI=1S/C15H10F3N3O/c16-15(17,18)12-5-1-3-10(7-12)8-13-19-14-11(9-22)4-2-6-21(14)20-13/h1-7,9H,8H2. The number of pyridine rings is 1. The Kier molecular flexibility index (Phi) is 3.40. The van der Waals surface area contributed by atoms with Crippen LogP contribution in [0.15, 0.2) is 42.6 Å². The van der Waals surface area contributed by atoms with Gasteiger partial charge in [0.25, 0.3) is 0 Å². The van der Waals surface area contributed by atoms with Crippen LogP contribution in [0.5, 0.6) is 0 Å². The molecular weight excluding hydrogens is 295 g/mol. The lowest BCUT2D eigenvalue weighted by molar-refractivity contribution is -0.137. The number of carbonyl (C=O) groups excluding carboxylic acids is 1. The molecule has 0 saturated heterocycles. The molecule has 0 atom stereocenters. The third kappa shape index (κ3) is 2.69. The fourth-order valence-electron chi connectivity index (χ4n) is 2.18. The first-order valence-corrected chi connectivity index (χ1v) is 6.43. The fraction of sp³-hybridized carbons (Fsp3) is 0.133. The molecule has 4 nitrogen and oxygen atoms in total. The number of nitrogens with zero attached hydrogens (tertiary/aromatic N) is 3. The molecule has 0 aliphatic rings. The van der Waals surface area contributed by atoms with E-state index >= 15 is 0 Å². The normalized spacial score (nSPS) is 11.8. The molecule has 7 heteroatoms. The molecule has 0 unspecified atom stereocenters. The molecule has 22 heavy (non-hydrogen) atoms. The zero-order valence-corrected chi connectivity index (χ0v) is 11.2. The lowest BCUT2D eigenvalue weighted by atomic mass is 10.1. The highest BCUT2D eigenvalue weighted by molar-refractivity contribution is 5.83. The Morgan fingerprint density at radius 3 is 2.73 bits per heavy atom. The second kappa shape index (κ2) is 5.25. The number of hydrogen-bond acceptors (Lipinski definition) is 3. The molecule has 0 aliphatic carbocycles. The van der Waals surface area contributed by atoms with Gasteiger partial charge in [0.15, 0.2) is 17.8 Å². The highest BCUT2D eigenvalue weighted by Gasteiger charge is 2.30. The van der Waals surface area contributed by atoms with Crippen LogP contribution in [0.3, 0.4) is 0 Å². The number of halogens is 3. The molecular formula is C15H10F3N3O. The molecule has 3 rings (SSSR count). The average Bonchev–Trinajstić information content (AvgIpc) is 2.88. The molecule has 0 bridgehead atoms. The van der Waals surface area contributed by atoms with E-state index < -0.39 is 11.7 Å². The van der Waals surface area contributed by atoms with Gasteiger partial charge in [-0.25, -0.2) is 9.50 Å². The summed E-state index contributed by atoms with van der Waals surface area (Å²) in [6.07, 6.45) is -1.93. The fourth-order valence-corrected chi connectivity index (χ4v) is 2.18. The Balaban J connectivity index is 1.95. The minimum atomic E-state index is -4.38. The lowest BCUT2D eigenvalue weighted by Crippen LogP contribution is -2.05. The van der Waals surface area contributed by atoms with Crippen LogP contribution in [-0.2, 0) is 12.6 Å². The topological polar surface area (TPSA) is 47.3 Å². The molecule has 0 radical (unpaired) electrons. The first-order chi connectivity index (χ1) is 10.5. The summed E-state index contributed by atoms with van der Waals surface area (Å²) in [5.41, 5.74) is 0.519. The molecule has 3 aromatic rings. The van der Waals surface area contributed by atoms with Gasteiger partial charge in [0.1, 0.15) is 0 Å². The summed E-state index contributed by atoms with van der Waals surface area (Å²) in [6.45, 7) is 0. The van der Waals surface area contributed by atoms with Gasteiger partial charge in [-0.3, -0.25) is 4.79 Å². The van der Waals surface area contributed by atoms with Gasteiger partial charge in [-0.05, 0) is 23.8 Å². The number of carbonyl (C=O) groups is 1. The van der Waals surface area contributed by atoms with Crippen LogP contribution in [0.4, 0.5) is 13.2 Å². The summed E-state index contributed by atoms with van der Waals surface area (Å²) in [7, 11) is 0. The molecule has 1 aromatic carbocycles. The zero-order valence-electron chi connectivity index (χ0n) is 11.2. The van der Waals surface area contributed by atoms with Crippen molar-refractivity contribution in [1.29, 1.82) is 0 Å². The average molecular weight is 305 g/mol. The number of aldehydes is 1. The van der Waals surface area contributed by atoms with Gasteiger partial charge in [0.05, 0.1) is 11.1 Å². The Hall–Kier alpha value is -2.70. The SMILES string of the molecule is O=Cc1cccn2nc(Cc3cccc(C(F)(F)F)c3)nc12. The van der Waals surface area contributed by atoms with Gasteiger partial charge in [0, 0.05) is 12.6 Å². The maximum absolute atomic E-state index is 12.7. The molecule has 0 fully saturated rings. The number of fused-ring (bicyclic) bond motifs is 1. The monoisotopic (exact) mass is 305 g/mol. The summed E-state index contributed by atoms with van der Waals surface area (Å²) in [4.78, 5) is 15.1. The maximum Gasteiger partial charge on any atom is 0.416 e. The van der Waals surface area contributed by atoms with Crippen LogP contribution < -0.4 is 0 Å². The number of hydrogen-bond donors (Lipinski definition) is 0. The number of rotatable bonds is 3. The molecule has 112 valence electrons. The quantitative estimate of drug-likeness (QED) is 0.698. The maximum atomic E-state index is 12.7. The molecule has 0 aliphatic heterocycles. The second-order valence-electron chi connectivity index (χ2n) is 4.75. The van der Waals surface area contributed by atoms with Crippen LogP contribution in [-0.4, -0.2) is 20.9 Å². The van der Waals surface area contributed by atoms with Crippen molar-refractivity contribution in [3.63, 3.8) is 0 Å². The smallest absolute Gasteiger partial charge is 0.298 e. The highest BCUT2D eigenvalue weighted by Crippen LogP contribution is 2.29. The first-order valence-electron chi connectivity index (χ1n) is 6.43. The Bertz CT molecular complexity index is 839. The van der Waals surface area contributed by atoms with Gasteiger partial charge in [0.2, 0.25) is 0 Å². The van der Waals surface area contributed by atoms with Crippen molar-refractivity contribution in [2.24, 2.45) is 0 Å². The van der Waals surface area contributed by atoms with Crippen molar-refractivity contribution in [1.82, 2.24) is 14.6 Å². The molecule has 0 spiro atoms. The Morgan fingerprint density at radius 2 is 2.00 bits per heavy atom. The van der Waals surface area contributed by atoms with Crippen molar-refractivity contribution in [2.45, 2.75) is 12.6 Å². The lowest BCUT2D eigenvalue weighted by Gasteiger charge is -2.07. The third-order valence-corrected chi connectivity index (χ3v) is 3.18. The van der Waals surface area contributed by atoms with E-state index in [2.05, 4.69) is 10.1 Å². The zero-order chi connectivity index (χ0) is 15.7. The molecule has 0 amide bonds. The summed E-state index contributed by atoms with van der Waals surface area (Å²) in [6, 6.07) is 8.29.